The van der Waals surface area contributed by atoms with Gasteiger partial charge in [-0.05, 0) is 19.8 Å². The van der Waals surface area contributed by atoms with Crippen molar-refractivity contribution < 1.29 is 4.79 Å². The smallest absolute Gasteiger partial charge is 0.236 e. The highest BCUT2D eigenvalue weighted by molar-refractivity contribution is 5.82. The predicted octanol–water partition coefficient (Wildman–Crippen LogP) is -0.0144. The van der Waals surface area contributed by atoms with E-state index in [2.05, 4.69) is 30.1 Å². The Morgan fingerprint density at radius 1 is 1.08 bits per heavy atom. The lowest BCUT2D eigenvalue weighted by Crippen LogP contribution is -2.50. The molecule has 0 atom stereocenters. The van der Waals surface area contributed by atoms with Crippen molar-refractivity contribution in [1.29, 1.82) is 0 Å². The molecular formula is C16H24N8O. The lowest BCUT2D eigenvalue weighted by atomic mass is 10.3. The van der Waals surface area contributed by atoms with Crippen LogP contribution in [0.1, 0.15) is 19.8 Å². The Labute approximate surface area is 146 Å². The molecule has 0 saturated carbocycles. The summed E-state index contributed by atoms with van der Waals surface area (Å²) in [4.78, 5) is 27.5. The quantitative estimate of drug-likeness (QED) is 0.771. The molecule has 0 N–H and O–H groups in total. The first-order chi connectivity index (χ1) is 12.3. The minimum absolute atomic E-state index is 0.265. The van der Waals surface area contributed by atoms with E-state index in [0.29, 0.717) is 6.54 Å². The second-order valence-electron chi connectivity index (χ2n) is 6.63. The second kappa shape index (κ2) is 6.91. The molecule has 9 heteroatoms. The van der Waals surface area contributed by atoms with Gasteiger partial charge in [-0.25, -0.2) is 14.6 Å². The van der Waals surface area contributed by atoms with Crippen LogP contribution in [-0.2, 0) is 11.3 Å². The van der Waals surface area contributed by atoms with Crippen molar-refractivity contribution in [3.63, 3.8) is 0 Å². The van der Waals surface area contributed by atoms with Crippen molar-refractivity contribution in [2.45, 2.75) is 26.3 Å². The van der Waals surface area contributed by atoms with Crippen LogP contribution in [0.3, 0.4) is 0 Å². The Morgan fingerprint density at radius 3 is 2.56 bits per heavy atom. The SMILES string of the molecule is CCn1nnc2c(N3CCN(CC(=O)N4CCCC4)CC3)ncnc21. The van der Waals surface area contributed by atoms with Gasteiger partial charge in [0.2, 0.25) is 5.91 Å². The number of amides is 1. The van der Waals surface area contributed by atoms with Crippen molar-refractivity contribution in [2.75, 3.05) is 50.7 Å². The van der Waals surface area contributed by atoms with E-state index in [4.69, 9.17) is 0 Å². The molecule has 9 nitrogen and oxygen atoms in total. The van der Waals surface area contributed by atoms with Crippen LogP contribution < -0.4 is 4.90 Å². The number of aryl methyl sites for hydroxylation is 1. The first-order valence-corrected chi connectivity index (χ1v) is 9.05. The Bertz CT molecular complexity index is 746. The fourth-order valence-corrected chi connectivity index (χ4v) is 3.60. The highest BCUT2D eigenvalue weighted by Gasteiger charge is 2.25. The van der Waals surface area contributed by atoms with Crippen LogP contribution >= 0.6 is 0 Å². The van der Waals surface area contributed by atoms with E-state index in [-0.39, 0.29) is 5.91 Å². The lowest BCUT2D eigenvalue weighted by molar-refractivity contribution is -0.131. The van der Waals surface area contributed by atoms with E-state index in [0.717, 1.165) is 75.6 Å². The number of aromatic nitrogens is 5. The van der Waals surface area contributed by atoms with Crippen LogP contribution in [0.2, 0.25) is 0 Å². The van der Waals surface area contributed by atoms with Gasteiger partial charge in [0.25, 0.3) is 0 Å². The summed E-state index contributed by atoms with van der Waals surface area (Å²) < 4.78 is 1.78. The largest absolute Gasteiger partial charge is 0.352 e. The summed E-state index contributed by atoms with van der Waals surface area (Å²) in [5.41, 5.74) is 1.53. The third kappa shape index (κ3) is 3.15. The molecule has 0 radical (unpaired) electrons. The number of carbonyl (C=O) groups is 1. The maximum atomic E-state index is 12.3. The van der Waals surface area contributed by atoms with Crippen LogP contribution in [-0.4, -0.2) is 86.5 Å². The average Bonchev–Trinajstić information content (AvgIpc) is 3.32. The number of anilines is 1. The van der Waals surface area contributed by atoms with Gasteiger partial charge in [0.15, 0.2) is 17.0 Å². The highest BCUT2D eigenvalue weighted by Crippen LogP contribution is 2.21. The number of piperazine rings is 1. The second-order valence-corrected chi connectivity index (χ2v) is 6.63. The maximum absolute atomic E-state index is 12.3. The molecule has 1 amide bonds. The number of carbonyl (C=O) groups excluding carboxylic acids is 1. The Balaban J connectivity index is 1.40. The summed E-state index contributed by atoms with van der Waals surface area (Å²) >= 11 is 0. The highest BCUT2D eigenvalue weighted by atomic mass is 16.2. The minimum Gasteiger partial charge on any atom is -0.352 e. The molecule has 2 aromatic heterocycles. The van der Waals surface area contributed by atoms with Crippen LogP contribution in [0.5, 0.6) is 0 Å². The van der Waals surface area contributed by atoms with Gasteiger partial charge in [-0.3, -0.25) is 9.69 Å². The van der Waals surface area contributed by atoms with E-state index in [1.54, 1.807) is 11.0 Å². The molecule has 2 aliphatic heterocycles. The molecule has 4 rings (SSSR count). The van der Waals surface area contributed by atoms with Crippen LogP contribution in [0, 0.1) is 0 Å². The summed E-state index contributed by atoms with van der Waals surface area (Å²) in [7, 11) is 0. The summed E-state index contributed by atoms with van der Waals surface area (Å²) in [5, 5.41) is 8.40. The molecule has 0 spiro atoms. The zero-order valence-electron chi connectivity index (χ0n) is 14.6. The normalized spacial score (nSPS) is 19.1. The minimum atomic E-state index is 0.265. The summed E-state index contributed by atoms with van der Waals surface area (Å²) in [6.45, 7) is 8.50. The zero-order valence-corrected chi connectivity index (χ0v) is 14.6. The molecule has 2 aliphatic rings. The maximum Gasteiger partial charge on any atom is 0.236 e. The first-order valence-electron chi connectivity index (χ1n) is 9.05. The number of nitrogens with zero attached hydrogens (tertiary/aromatic N) is 8. The molecule has 0 aromatic carbocycles. The van der Waals surface area contributed by atoms with Crippen molar-refractivity contribution in [2.24, 2.45) is 0 Å². The van der Waals surface area contributed by atoms with Crippen LogP contribution in [0.25, 0.3) is 11.2 Å². The summed E-state index contributed by atoms with van der Waals surface area (Å²) in [6, 6.07) is 0. The average molecular weight is 344 g/mol. The zero-order chi connectivity index (χ0) is 17.2. The Hall–Kier alpha value is -2.29. The molecule has 0 unspecified atom stereocenters. The molecule has 4 heterocycles. The number of fused-ring (bicyclic) bond motifs is 1. The van der Waals surface area contributed by atoms with Gasteiger partial charge in [0.1, 0.15) is 6.33 Å². The van der Waals surface area contributed by atoms with Gasteiger partial charge < -0.3 is 9.80 Å². The fourth-order valence-electron chi connectivity index (χ4n) is 3.60. The summed E-state index contributed by atoms with van der Waals surface area (Å²) in [6.07, 6.45) is 3.86. The molecular weight excluding hydrogens is 320 g/mol. The van der Waals surface area contributed by atoms with Gasteiger partial charge in [0.05, 0.1) is 6.54 Å². The Kier molecular flexibility index (Phi) is 4.48. The van der Waals surface area contributed by atoms with Gasteiger partial charge in [0, 0.05) is 45.8 Å². The van der Waals surface area contributed by atoms with E-state index in [9.17, 15) is 4.79 Å². The van der Waals surface area contributed by atoms with E-state index in [1.807, 2.05) is 11.8 Å². The number of hydrogen-bond acceptors (Lipinski definition) is 7. The number of rotatable bonds is 4. The molecule has 2 aromatic rings. The van der Waals surface area contributed by atoms with Crippen molar-refractivity contribution in [1.82, 2.24) is 34.8 Å². The topological polar surface area (TPSA) is 83.3 Å². The third-order valence-electron chi connectivity index (χ3n) is 5.07. The van der Waals surface area contributed by atoms with Crippen molar-refractivity contribution in [3.8, 4) is 0 Å². The van der Waals surface area contributed by atoms with Crippen LogP contribution in [0.4, 0.5) is 5.82 Å². The third-order valence-corrected chi connectivity index (χ3v) is 5.07. The molecule has 134 valence electrons. The summed E-state index contributed by atoms with van der Waals surface area (Å²) in [5.74, 6) is 1.11. The van der Waals surface area contributed by atoms with E-state index >= 15 is 0 Å². The molecule has 0 aliphatic carbocycles. The fraction of sp³-hybridized carbons (Fsp3) is 0.688. The molecule has 25 heavy (non-hydrogen) atoms. The van der Waals surface area contributed by atoms with Gasteiger partial charge in [-0.15, -0.1) is 5.10 Å². The first kappa shape index (κ1) is 16.2. The molecule has 2 fully saturated rings. The lowest BCUT2D eigenvalue weighted by Gasteiger charge is -2.35. The van der Waals surface area contributed by atoms with Crippen molar-refractivity contribution >= 4 is 22.9 Å². The number of hydrogen-bond donors (Lipinski definition) is 0. The molecule has 0 bridgehead atoms. The number of likely N-dealkylation sites (tertiary alicyclic amines) is 1. The standard InChI is InChI=1S/C16H24N8O/c1-2-24-16-14(19-20-24)15(17-12-18-16)23-9-7-21(8-10-23)11-13(25)22-5-3-4-6-22/h12H,2-11H2,1H3. The van der Waals surface area contributed by atoms with Gasteiger partial charge in [-0.1, -0.05) is 5.21 Å². The van der Waals surface area contributed by atoms with Gasteiger partial charge >= 0.3 is 0 Å². The van der Waals surface area contributed by atoms with Crippen LogP contribution in [0.15, 0.2) is 6.33 Å². The monoisotopic (exact) mass is 344 g/mol. The Morgan fingerprint density at radius 2 is 1.84 bits per heavy atom. The molecule has 2 saturated heterocycles. The van der Waals surface area contributed by atoms with Gasteiger partial charge in [-0.2, -0.15) is 0 Å². The van der Waals surface area contributed by atoms with E-state index < -0.39 is 0 Å². The van der Waals surface area contributed by atoms with Crippen molar-refractivity contribution in [3.05, 3.63) is 6.33 Å². The van der Waals surface area contributed by atoms with E-state index in [1.165, 1.54) is 0 Å². The predicted molar refractivity (Wildman–Crippen MR) is 93.3 cm³/mol.